The minimum absolute atomic E-state index is 0.0200. The van der Waals surface area contributed by atoms with Crippen LogP contribution in [-0.2, 0) is 0 Å². The Morgan fingerprint density at radius 1 is 1.10 bits per heavy atom. The van der Waals surface area contributed by atoms with Crippen molar-refractivity contribution < 1.29 is 14.3 Å². The fourth-order valence-corrected chi connectivity index (χ4v) is 3.58. The number of hydrogen-bond donors (Lipinski definition) is 1. The van der Waals surface area contributed by atoms with E-state index in [4.69, 9.17) is 9.47 Å². The number of piperazine rings is 1. The summed E-state index contributed by atoms with van der Waals surface area (Å²) in [6.07, 6.45) is 3.39. The Morgan fingerprint density at radius 3 is 2.73 bits per heavy atom. The number of nitrogens with one attached hydrogen (secondary N) is 1. The number of carbonyl (C=O) groups excluding carboxylic acids is 1. The first-order chi connectivity index (χ1) is 14.7. The summed E-state index contributed by atoms with van der Waals surface area (Å²) in [6, 6.07) is 19.3. The quantitative estimate of drug-likeness (QED) is 0.685. The number of aromatic nitrogens is 1. The van der Waals surface area contributed by atoms with Gasteiger partial charge < -0.3 is 19.7 Å². The molecule has 0 bridgehead atoms. The zero-order chi connectivity index (χ0) is 20.8. The molecule has 1 atom stereocenters. The highest BCUT2D eigenvalue weighted by atomic mass is 16.5. The van der Waals surface area contributed by atoms with Crippen molar-refractivity contribution in [3.63, 3.8) is 0 Å². The van der Waals surface area contributed by atoms with Crippen molar-refractivity contribution in [2.24, 2.45) is 0 Å². The number of benzene rings is 2. The molecule has 30 heavy (non-hydrogen) atoms. The van der Waals surface area contributed by atoms with Gasteiger partial charge in [-0.2, -0.15) is 0 Å². The van der Waals surface area contributed by atoms with Gasteiger partial charge in [0.25, 0.3) is 5.91 Å². The first-order valence-electron chi connectivity index (χ1n) is 10.0. The Labute approximate surface area is 176 Å². The summed E-state index contributed by atoms with van der Waals surface area (Å²) in [7, 11) is 1.65. The third kappa shape index (κ3) is 4.60. The highest BCUT2D eigenvalue weighted by molar-refractivity contribution is 5.95. The third-order valence-corrected chi connectivity index (χ3v) is 5.22. The van der Waals surface area contributed by atoms with Crippen LogP contribution in [0, 0.1) is 0 Å². The first-order valence-corrected chi connectivity index (χ1v) is 10.0. The molecule has 0 aliphatic carbocycles. The van der Waals surface area contributed by atoms with E-state index in [2.05, 4.69) is 10.3 Å². The number of carbonyl (C=O) groups is 1. The van der Waals surface area contributed by atoms with Crippen LogP contribution in [0.5, 0.6) is 11.5 Å². The molecule has 1 aromatic heterocycles. The molecule has 1 aliphatic rings. The van der Waals surface area contributed by atoms with Crippen LogP contribution in [0.2, 0.25) is 0 Å². The monoisotopic (exact) mass is 403 g/mol. The Bertz CT molecular complexity index is 977. The molecule has 0 saturated carbocycles. The Hall–Kier alpha value is -3.38. The molecular weight excluding hydrogens is 378 g/mol. The van der Waals surface area contributed by atoms with Gasteiger partial charge >= 0.3 is 0 Å². The number of pyridine rings is 1. The largest absolute Gasteiger partial charge is 0.497 e. The first kappa shape index (κ1) is 19.9. The van der Waals surface area contributed by atoms with Crippen molar-refractivity contribution in [3.8, 4) is 22.6 Å². The maximum atomic E-state index is 13.3. The number of amides is 1. The van der Waals surface area contributed by atoms with E-state index in [0.29, 0.717) is 31.0 Å². The molecule has 6 nitrogen and oxygen atoms in total. The summed E-state index contributed by atoms with van der Waals surface area (Å²) < 4.78 is 11.1. The lowest BCUT2D eigenvalue weighted by Crippen LogP contribution is -2.55. The zero-order valence-electron chi connectivity index (χ0n) is 17.0. The zero-order valence-corrected chi connectivity index (χ0v) is 17.0. The summed E-state index contributed by atoms with van der Waals surface area (Å²) in [4.78, 5) is 19.3. The van der Waals surface area contributed by atoms with Gasteiger partial charge in [0.1, 0.15) is 18.1 Å². The van der Waals surface area contributed by atoms with E-state index in [9.17, 15) is 4.79 Å². The number of methoxy groups -OCH3 is 1. The molecule has 154 valence electrons. The smallest absolute Gasteiger partial charge is 0.254 e. The molecule has 1 amide bonds. The van der Waals surface area contributed by atoms with Gasteiger partial charge in [0.15, 0.2) is 0 Å². The van der Waals surface area contributed by atoms with E-state index >= 15 is 0 Å². The van der Waals surface area contributed by atoms with Crippen molar-refractivity contribution in [2.75, 3.05) is 33.4 Å². The van der Waals surface area contributed by atoms with Crippen LogP contribution in [0.3, 0.4) is 0 Å². The molecule has 2 heterocycles. The molecule has 1 unspecified atom stereocenters. The predicted octanol–water partition coefficient (Wildman–Crippen LogP) is 3.25. The molecule has 1 aliphatic heterocycles. The van der Waals surface area contributed by atoms with Crippen molar-refractivity contribution in [2.45, 2.75) is 6.04 Å². The highest BCUT2D eigenvalue weighted by Gasteiger charge is 2.28. The molecule has 1 N–H and O–H groups in total. The molecule has 2 aromatic carbocycles. The number of ether oxygens (including phenoxy) is 2. The van der Waals surface area contributed by atoms with Crippen molar-refractivity contribution in [1.29, 1.82) is 0 Å². The van der Waals surface area contributed by atoms with Crippen LogP contribution in [0.25, 0.3) is 11.1 Å². The topological polar surface area (TPSA) is 63.7 Å². The van der Waals surface area contributed by atoms with E-state index in [-0.39, 0.29) is 11.9 Å². The normalized spacial score (nSPS) is 16.2. The molecule has 0 radical (unpaired) electrons. The molecule has 0 spiro atoms. The number of nitrogens with zero attached hydrogens (tertiary/aromatic N) is 2. The minimum Gasteiger partial charge on any atom is -0.497 e. The highest BCUT2D eigenvalue weighted by Crippen LogP contribution is 2.24. The second-order valence-corrected chi connectivity index (χ2v) is 7.17. The molecular formula is C24H25N3O3. The van der Waals surface area contributed by atoms with Crippen LogP contribution in [0.4, 0.5) is 0 Å². The van der Waals surface area contributed by atoms with Crippen LogP contribution in [0.1, 0.15) is 10.4 Å². The predicted molar refractivity (Wildman–Crippen MR) is 116 cm³/mol. The van der Waals surface area contributed by atoms with Crippen LogP contribution >= 0.6 is 0 Å². The number of hydrogen-bond acceptors (Lipinski definition) is 5. The van der Waals surface area contributed by atoms with Gasteiger partial charge in [0.05, 0.1) is 19.3 Å². The third-order valence-electron chi connectivity index (χ3n) is 5.22. The van der Waals surface area contributed by atoms with Gasteiger partial charge in [-0.05, 0) is 47.5 Å². The fourth-order valence-electron chi connectivity index (χ4n) is 3.58. The second kappa shape index (κ2) is 9.41. The lowest BCUT2D eigenvalue weighted by atomic mass is 10.0. The van der Waals surface area contributed by atoms with Crippen molar-refractivity contribution in [3.05, 3.63) is 78.6 Å². The molecule has 4 rings (SSSR count). The lowest BCUT2D eigenvalue weighted by molar-refractivity contribution is 0.0559. The Morgan fingerprint density at radius 2 is 1.97 bits per heavy atom. The Kier molecular flexibility index (Phi) is 6.25. The van der Waals surface area contributed by atoms with Gasteiger partial charge in [-0.1, -0.05) is 24.3 Å². The summed E-state index contributed by atoms with van der Waals surface area (Å²) in [6.45, 7) is 2.53. The molecule has 1 fully saturated rings. The van der Waals surface area contributed by atoms with Crippen LogP contribution < -0.4 is 14.8 Å². The Balaban J connectivity index is 1.50. The SMILES string of the molecule is COc1ccc(-c2cccc(C(=O)N3CCNCC3COc3cccnc3)c2)cc1. The van der Waals surface area contributed by atoms with Crippen molar-refractivity contribution >= 4 is 5.91 Å². The average Bonchev–Trinajstić information content (AvgIpc) is 2.83. The van der Waals surface area contributed by atoms with Gasteiger partial charge in [0.2, 0.25) is 0 Å². The second-order valence-electron chi connectivity index (χ2n) is 7.17. The average molecular weight is 403 g/mol. The summed E-state index contributed by atoms with van der Waals surface area (Å²) >= 11 is 0. The van der Waals surface area contributed by atoms with Gasteiger partial charge in [-0.3, -0.25) is 9.78 Å². The van der Waals surface area contributed by atoms with E-state index in [1.54, 1.807) is 19.5 Å². The summed E-state index contributed by atoms with van der Waals surface area (Å²) in [5.74, 6) is 1.53. The van der Waals surface area contributed by atoms with Gasteiger partial charge in [0, 0.05) is 31.4 Å². The van der Waals surface area contributed by atoms with Gasteiger partial charge in [-0.15, -0.1) is 0 Å². The van der Waals surface area contributed by atoms with Gasteiger partial charge in [-0.25, -0.2) is 0 Å². The van der Waals surface area contributed by atoms with E-state index < -0.39 is 0 Å². The van der Waals surface area contributed by atoms with Crippen LogP contribution in [0.15, 0.2) is 73.1 Å². The van der Waals surface area contributed by atoms with E-state index in [1.807, 2.05) is 65.6 Å². The van der Waals surface area contributed by atoms with E-state index in [1.165, 1.54) is 0 Å². The fraction of sp³-hybridized carbons (Fsp3) is 0.250. The molecule has 3 aromatic rings. The molecule has 6 heteroatoms. The van der Waals surface area contributed by atoms with E-state index in [0.717, 1.165) is 23.4 Å². The number of rotatable bonds is 6. The maximum Gasteiger partial charge on any atom is 0.254 e. The lowest BCUT2D eigenvalue weighted by Gasteiger charge is -2.36. The summed E-state index contributed by atoms with van der Waals surface area (Å²) in [5.41, 5.74) is 2.72. The maximum absolute atomic E-state index is 13.3. The van der Waals surface area contributed by atoms with Crippen LogP contribution in [-0.4, -0.2) is 55.2 Å². The van der Waals surface area contributed by atoms with Crippen molar-refractivity contribution in [1.82, 2.24) is 15.2 Å². The molecule has 1 saturated heterocycles. The minimum atomic E-state index is -0.0453. The standard InChI is InChI=1S/C24H25N3O3/c1-29-22-9-7-18(8-10-22)19-4-2-5-20(14-19)24(28)27-13-12-26-15-21(27)17-30-23-6-3-11-25-16-23/h2-11,14,16,21,26H,12-13,15,17H2,1H3. The summed E-state index contributed by atoms with van der Waals surface area (Å²) in [5, 5.41) is 3.35.